The molecule has 0 radical (unpaired) electrons. The van der Waals surface area contributed by atoms with E-state index in [9.17, 15) is 0 Å². The van der Waals surface area contributed by atoms with Crippen molar-refractivity contribution in [1.82, 2.24) is 4.90 Å². The molecule has 4 saturated carbocycles. The van der Waals surface area contributed by atoms with Crippen LogP contribution in [-0.2, 0) is 0 Å². The van der Waals surface area contributed by atoms with Crippen LogP contribution in [0.2, 0.25) is 0 Å². The standard InChI is InChI=1S/C41H63N/c1-41-27-11-10-18-39(41)42(40-36-17-9-8-16-31(36)22-26-38(40)41)34-23-19-32(20-24-34)37-28-33(29-12-4-2-5-13-29)21-25-35(37)30-14-6-3-7-15-30/h6,11,14,27,29-34,36,38-40H,2-5,7-10,12-13,15-26,28H2,1H3. The van der Waals surface area contributed by atoms with E-state index in [4.69, 9.17) is 0 Å². The van der Waals surface area contributed by atoms with Gasteiger partial charge < -0.3 is 0 Å². The summed E-state index contributed by atoms with van der Waals surface area (Å²) in [5.74, 6) is 6.73. The van der Waals surface area contributed by atoms with Crippen LogP contribution in [0.4, 0.5) is 0 Å². The summed E-state index contributed by atoms with van der Waals surface area (Å²) in [6.07, 6.45) is 44.6. The molecule has 0 aromatic heterocycles. The van der Waals surface area contributed by atoms with Crippen LogP contribution in [0.5, 0.6) is 0 Å². The molecule has 0 aromatic carbocycles. The summed E-state index contributed by atoms with van der Waals surface area (Å²) < 4.78 is 0. The van der Waals surface area contributed by atoms with Crippen molar-refractivity contribution >= 4 is 0 Å². The highest BCUT2D eigenvalue weighted by molar-refractivity contribution is 5.28. The fourth-order valence-corrected chi connectivity index (χ4v) is 13.3. The maximum atomic E-state index is 3.30. The smallest absolute Gasteiger partial charge is 0.0196 e. The Kier molecular flexibility index (Phi) is 8.30. The van der Waals surface area contributed by atoms with Crippen LogP contribution in [0.3, 0.4) is 0 Å². The number of hydrogen-bond donors (Lipinski definition) is 0. The minimum absolute atomic E-state index is 0.446. The van der Waals surface area contributed by atoms with Crippen molar-refractivity contribution in [2.45, 2.75) is 173 Å². The van der Waals surface area contributed by atoms with Gasteiger partial charge >= 0.3 is 0 Å². The summed E-state index contributed by atoms with van der Waals surface area (Å²) in [4.78, 5) is 3.30. The van der Waals surface area contributed by atoms with Crippen LogP contribution in [-0.4, -0.2) is 23.0 Å². The number of allylic oxidation sites excluding steroid dienone is 5. The van der Waals surface area contributed by atoms with Crippen LogP contribution in [0.25, 0.3) is 0 Å². The molecule has 1 nitrogen and oxygen atoms in total. The average Bonchev–Trinajstić information content (AvgIpc) is 3.34. The highest BCUT2D eigenvalue weighted by Gasteiger charge is 2.61. The molecule has 232 valence electrons. The molecule has 0 amide bonds. The predicted octanol–water partition coefficient (Wildman–Crippen LogP) is 11.2. The van der Waals surface area contributed by atoms with E-state index >= 15 is 0 Å². The zero-order valence-electron chi connectivity index (χ0n) is 27.3. The number of hydrogen-bond acceptors (Lipinski definition) is 1. The average molecular weight is 570 g/mol. The molecule has 0 spiro atoms. The quantitative estimate of drug-likeness (QED) is 0.304. The van der Waals surface area contributed by atoms with Crippen LogP contribution in [0, 0.1) is 46.8 Å². The Morgan fingerprint density at radius 2 is 1.45 bits per heavy atom. The van der Waals surface area contributed by atoms with Gasteiger partial charge in [0.05, 0.1) is 0 Å². The van der Waals surface area contributed by atoms with E-state index in [-0.39, 0.29) is 0 Å². The Bertz CT molecular complexity index is 1040. The van der Waals surface area contributed by atoms with Gasteiger partial charge in [-0.2, -0.15) is 0 Å². The molecule has 1 saturated heterocycles. The largest absolute Gasteiger partial charge is 0.293 e. The Labute approximate surface area is 259 Å². The van der Waals surface area contributed by atoms with Gasteiger partial charge in [-0.25, -0.2) is 0 Å². The molecular formula is C41H63N. The van der Waals surface area contributed by atoms with Crippen molar-refractivity contribution in [2.75, 3.05) is 0 Å². The SMILES string of the molecule is CC12C=CCCC1N(C1CCC(C3=C(C4C=CCCC4)CCC(C4CCCCC4)C3)CC1)C1C3CCCCC3CCC12. The number of fused-ring (bicyclic) bond motifs is 5. The summed E-state index contributed by atoms with van der Waals surface area (Å²) in [6, 6.07) is 2.59. The Hall–Kier alpha value is -0.820. The summed E-state index contributed by atoms with van der Waals surface area (Å²) in [6.45, 7) is 2.71. The van der Waals surface area contributed by atoms with Gasteiger partial charge in [0.15, 0.2) is 0 Å². The number of nitrogens with zero attached hydrogens (tertiary/aromatic N) is 1. The molecule has 1 heteroatoms. The Morgan fingerprint density at radius 3 is 2.29 bits per heavy atom. The van der Waals surface area contributed by atoms with E-state index in [0.29, 0.717) is 5.41 Å². The lowest BCUT2D eigenvalue weighted by Gasteiger charge is -2.50. The van der Waals surface area contributed by atoms with Crippen molar-refractivity contribution < 1.29 is 0 Å². The Morgan fingerprint density at radius 1 is 0.643 bits per heavy atom. The monoisotopic (exact) mass is 569 g/mol. The van der Waals surface area contributed by atoms with Crippen LogP contribution in [0.15, 0.2) is 35.5 Å². The topological polar surface area (TPSA) is 3.24 Å². The van der Waals surface area contributed by atoms with Gasteiger partial charge in [0.1, 0.15) is 0 Å². The van der Waals surface area contributed by atoms with Crippen LogP contribution < -0.4 is 0 Å². The molecule has 1 heterocycles. The summed E-state index contributed by atoms with van der Waals surface area (Å²) >= 11 is 0. The minimum Gasteiger partial charge on any atom is -0.293 e. The van der Waals surface area contributed by atoms with E-state index in [1.54, 1.807) is 6.42 Å². The van der Waals surface area contributed by atoms with Gasteiger partial charge in [0.25, 0.3) is 0 Å². The van der Waals surface area contributed by atoms with Crippen molar-refractivity contribution in [2.24, 2.45) is 46.8 Å². The van der Waals surface area contributed by atoms with Gasteiger partial charge in [-0.1, -0.05) is 93.7 Å². The molecular weight excluding hydrogens is 506 g/mol. The fraction of sp³-hybridized carbons (Fsp3) is 0.854. The highest BCUT2D eigenvalue weighted by atomic mass is 15.3. The summed E-state index contributed by atoms with van der Waals surface area (Å²) in [7, 11) is 0. The third-order valence-electron chi connectivity index (χ3n) is 15.3. The van der Waals surface area contributed by atoms with Crippen LogP contribution in [0.1, 0.15) is 155 Å². The normalized spacial score (nSPS) is 46.7. The van der Waals surface area contributed by atoms with E-state index in [1.165, 1.54) is 141 Å². The molecule has 8 unspecified atom stereocenters. The van der Waals surface area contributed by atoms with Crippen LogP contribution >= 0.6 is 0 Å². The molecule has 5 fully saturated rings. The molecule has 0 aromatic rings. The third-order valence-corrected chi connectivity index (χ3v) is 15.3. The number of rotatable bonds is 4. The summed E-state index contributed by atoms with van der Waals surface area (Å²) in [5.41, 5.74) is 4.44. The zero-order chi connectivity index (χ0) is 28.1. The van der Waals surface area contributed by atoms with Gasteiger partial charge in [0, 0.05) is 23.5 Å². The molecule has 7 aliphatic carbocycles. The van der Waals surface area contributed by atoms with Crippen molar-refractivity contribution in [3.8, 4) is 0 Å². The van der Waals surface area contributed by atoms with Gasteiger partial charge in [-0.3, -0.25) is 4.90 Å². The first-order valence-electron chi connectivity index (χ1n) is 19.5. The van der Waals surface area contributed by atoms with E-state index in [0.717, 1.165) is 59.6 Å². The highest BCUT2D eigenvalue weighted by Crippen LogP contribution is 2.61. The second-order valence-corrected chi connectivity index (χ2v) is 17.1. The first-order chi connectivity index (χ1) is 20.7. The summed E-state index contributed by atoms with van der Waals surface area (Å²) in [5, 5.41) is 0. The second-order valence-electron chi connectivity index (χ2n) is 17.1. The van der Waals surface area contributed by atoms with Crippen molar-refractivity contribution in [3.63, 3.8) is 0 Å². The van der Waals surface area contributed by atoms with Gasteiger partial charge in [0.2, 0.25) is 0 Å². The molecule has 0 N–H and O–H groups in total. The van der Waals surface area contributed by atoms with Crippen molar-refractivity contribution in [1.29, 1.82) is 0 Å². The first kappa shape index (κ1) is 28.6. The van der Waals surface area contributed by atoms with Crippen molar-refractivity contribution in [3.05, 3.63) is 35.5 Å². The Balaban J connectivity index is 1.04. The molecule has 1 aliphatic heterocycles. The van der Waals surface area contributed by atoms with Gasteiger partial charge in [-0.05, 0) is 138 Å². The maximum absolute atomic E-state index is 3.30. The lowest BCUT2D eigenvalue weighted by Crippen LogP contribution is -2.53. The van der Waals surface area contributed by atoms with Gasteiger partial charge in [-0.15, -0.1) is 0 Å². The maximum Gasteiger partial charge on any atom is 0.0196 e. The molecule has 42 heavy (non-hydrogen) atoms. The molecule has 8 aliphatic rings. The lowest BCUT2D eigenvalue weighted by molar-refractivity contribution is -0.00330. The molecule has 0 bridgehead atoms. The number of likely N-dealkylation sites (tertiary alicyclic amines) is 1. The minimum atomic E-state index is 0.446. The third kappa shape index (κ3) is 5.07. The van der Waals surface area contributed by atoms with E-state index in [2.05, 4.69) is 36.1 Å². The molecule has 8 rings (SSSR count). The fourth-order valence-electron chi connectivity index (χ4n) is 13.3. The van der Waals surface area contributed by atoms with E-state index in [1.807, 2.05) is 11.1 Å². The zero-order valence-corrected chi connectivity index (χ0v) is 27.3. The second kappa shape index (κ2) is 12.2. The van der Waals surface area contributed by atoms with E-state index < -0.39 is 0 Å². The predicted molar refractivity (Wildman–Crippen MR) is 177 cm³/mol. The first-order valence-corrected chi connectivity index (χ1v) is 19.5. The lowest BCUT2D eigenvalue weighted by atomic mass is 9.59. The molecule has 8 atom stereocenters.